The zero-order valence-electron chi connectivity index (χ0n) is 13.7. The van der Waals surface area contributed by atoms with Gasteiger partial charge in [-0.15, -0.1) is 0 Å². The van der Waals surface area contributed by atoms with E-state index in [1.54, 1.807) is 36.0 Å². The van der Waals surface area contributed by atoms with Crippen molar-refractivity contribution in [1.82, 2.24) is 0 Å². The van der Waals surface area contributed by atoms with Crippen LogP contribution in [0.25, 0.3) is 0 Å². The number of rotatable bonds is 6. The van der Waals surface area contributed by atoms with Crippen LogP contribution in [0.1, 0.15) is 12.8 Å². The van der Waals surface area contributed by atoms with Crippen LogP contribution in [0, 0.1) is 0 Å². The molecule has 0 amide bonds. The number of fused-ring (bicyclic) bond motifs is 1. The molecule has 25 heavy (non-hydrogen) atoms. The zero-order valence-corrected chi connectivity index (χ0v) is 16.0. The van der Waals surface area contributed by atoms with Crippen molar-refractivity contribution < 1.29 is 9.53 Å². The van der Waals surface area contributed by atoms with Crippen LogP contribution >= 0.6 is 35.0 Å². The van der Waals surface area contributed by atoms with Gasteiger partial charge in [0, 0.05) is 29.5 Å². The molecule has 0 saturated heterocycles. The number of thioether (sulfide) groups is 1. The number of hydrogen-bond donors (Lipinski definition) is 0. The molecular weight excluding hydrogens is 377 g/mol. The van der Waals surface area contributed by atoms with Crippen molar-refractivity contribution >= 4 is 46.4 Å². The molecule has 3 rings (SSSR count). The fourth-order valence-corrected chi connectivity index (χ4v) is 4.05. The van der Waals surface area contributed by atoms with Crippen LogP contribution < -0.4 is 9.64 Å². The molecule has 1 heterocycles. The largest absolute Gasteiger partial charge is 0.492 e. The molecule has 0 atom stereocenters. The SMILES string of the molecule is CN1/C(=C/C(=O)CCCOc2ccc(Cl)cc2Cl)Sc2ccccc21. The predicted molar refractivity (Wildman–Crippen MR) is 105 cm³/mol. The van der Waals surface area contributed by atoms with Gasteiger partial charge < -0.3 is 9.64 Å². The fraction of sp³-hybridized carbons (Fsp3) is 0.211. The first-order valence-electron chi connectivity index (χ1n) is 7.87. The van der Waals surface area contributed by atoms with Crippen molar-refractivity contribution in [3.8, 4) is 5.75 Å². The average molecular weight is 394 g/mol. The number of carbonyl (C=O) groups excluding carboxylic acids is 1. The number of ether oxygens (including phenoxy) is 1. The Bertz CT molecular complexity index is 823. The monoisotopic (exact) mass is 393 g/mol. The van der Waals surface area contributed by atoms with Crippen LogP contribution in [0.4, 0.5) is 5.69 Å². The van der Waals surface area contributed by atoms with Crippen molar-refractivity contribution in [2.24, 2.45) is 0 Å². The molecule has 0 bridgehead atoms. The molecule has 0 spiro atoms. The third-order valence-corrected chi connectivity index (χ3v) is 5.47. The zero-order chi connectivity index (χ0) is 17.8. The Balaban J connectivity index is 1.49. The molecule has 1 aliphatic rings. The number of ketones is 1. The van der Waals surface area contributed by atoms with Gasteiger partial charge in [0.05, 0.1) is 22.3 Å². The maximum atomic E-state index is 12.2. The van der Waals surface area contributed by atoms with E-state index in [1.807, 2.05) is 24.1 Å². The van der Waals surface area contributed by atoms with Crippen molar-refractivity contribution in [2.75, 3.05) is 18.6 Å². The molecule has 0 aliphatic carbocycles. The first-order valence-corrected chi connectivity index (χ1v) is 9.45. The number of para-hydroxylation sites is 1. The molecule has 0 fully saturated rings. The van der Waals surface area contributed by atoms with Gasteiger partial charge in [0.25, 0.3) is 0 Å². The lowest BCUT2D eigenvalue weighted by Crippen LogP contribution is -2.11. The van der Waals surface area contributed by atoms with E-state index in [0.29, 0.717) is 35.2 Å². The van der Waals surface area contributed by atoms with E-state index >= 15 is 0 Å². The van der Waals surface area contributed by atoms with E-state index in [4.69, 9.17) is 27.9 Å². The van der Waals surface area contributed by atoms with Gasteiger partial charge in [-0.05, 0) is 36.8 Å². The van der Waals surface area contributed by atoms with E-state index in [1.165, 1.54) is 4.90 Å². The lowest BCUT2D eigenvalue weighted by molar-refractivity contribution is -0.114. The maximum absolute atomic E-state index is 12.2. The highest BCUT2D eigenvalue weighted by Gasteiger charge is 2.21. The second kappa shape index (κ2) is 8.17. The molecule has 2 aromatic carbocycles. The molecule has 3 nitrogen and oxygen atoms in total. The summed E-state index contributed by atoms with van der Waals surface area (Å²) in [6.45, 7) is 0.430. The molecule has 1 aliphatic heterocycles. The summed E-state index contributed by atoms with van der Waals surface area (Å²) in [6, 6.07) is 13.2. The third kappa shape index (κ3) is 4.51. The molecule has 6 heteroatoms. The highest BCUT2D eigenvalue weighted by Crippen LogP contribution is 2.44. The smallest absolute Gasteiger partial charge is 0.158 e. The van der Waals surface area contributed by atoms with Gasteiger partial charge in [0.2, 0.25) is 0 Å². The Kier molecular flexibility index (Phi) is 5.94. The van der Waals surface area contributed by atoms with Gasteiger partial charge in [0.15, 0.2) is 5.78 Å². The first kappa shape index (κ1) is 18.2. The maximum Gasteiger partial charge on any atom is 0.158 e. The number of nitrogens with zero attached hydrogens (tertiary/aromatic N) is 1. The quantitative estimate of drug-likeness (QED) is 0.457. The summed E-state index contributed by atoms with van der Waals surface area (Å²) >= 11 is 13.5. The van der Waals surface area contributed by atoms with Crippen LogP contribution in [0.5, 0.6) is 5.75 Å². The van der Waals surface area contributed by atoms with Gasteiger partial charge in [-0.1, -0.05) is 47.1 Å². The first-order chi connectivity index (χ1) is 12.0. The minimum atomic E-state index is 0.0907. The normalized spacial score (nSPS) is 14.7. The molecule has 0 N–H and O–H groups in total. The van der Waals surface area contributed by atoms with Crippen molar-refractivity contribution in [3.05, 3.63) is 63.6 Å². The number of hydrogen-bond acceptors (Lipinski definition) is 4. The second-order valence-corrected chi connectivity index (χ2v) is 7.51. The lowest BCUT2D eigenvalue weighted by Gasteiger charge is -2.13. The Labute approximate surface area is 161 Å². The van der Waals surface area contributed by atoms with Crippen molar-refractivity contribution in [3.63, 3.8) is 0 Å². The van der Waals surface area contributed by atoms with E-state index in [0.717, 1.165) is 10.7 Å². The van der Waals surface area contributed by atoms with E-state index in [-0.39, 0.29) is 5.78 Å². The molecule has 0 aromatic heterocycles. The number of anilines is 1. The van der Waals surface area contributed by atoms with Crippen LogP contribution in [-0.2, 0) is 4.79 Å². The highest BCUT2D eigenvalue weighted by molar-refractivity contribution is 8.03. The number of carbonyl (C=O) groups is 1. The molecular formula is C19H17Cl2NO2S. The van der Waals surface area contributed by atoms with Gasteiger partial charge >= 0.3 is 0 Å². The lowest BCUT2D eigenvalue weighted by atomic mass is 10.2. The molecule has 0 unspecified atom stereocenters. The summed E-state index contributed by atoms with van der Waals surface area (Å²) in [5, 5.41) is 1.99. The Morgan fingerprint density at radius 1 is 1.24 bits per heavy atom. The van der Waals surface area contributed by atoms with E-state index in [9.17, 15) is 4.79 Å². The van der Waals surface area contributed by atoms with E-state index < -0.39 is 0 Å². The summed E-state index contributed by atoms with van der Waals surface area (Å²) in [5.41, 5.74) is 1.13. The fourth-order valence-electron chi connectivity index (χ4n) is 2.48. The van der Waals surface area contributed by atoms with Crippen LogP contribution in [-0.4, -0.2) is 19.4 Å². The summed E-state index contributed by atoms with van der Waals surface area (Å²) in [7, 11) is 1.98. The molecule has 0 radical (unpaired) electrons. The van der Waals surface area contributed by atoms with Crippen LogP contribution in [0.2, 0.25) is 10.0 Å². The molecule has 0 saturated carbocycles. The van der Waals surface area contributed by atoms with Gasteiger partial charge in [-0.25, -0.2) is 0 Å². The van der Waals surface area contributed by atoms with Gasteiger partial charge in [0.1, 0.15) is 5.75 Å². The van der Waals surface area contributed by atoms with Crippen molar-refractivity contribution in [1.29, 1.82) is 0 Å². The third-order valence-electron chi connectivity index (χ3n) is 3.78. The number of allylic oxidation sites excluding steroid dienone is 1. The summed E-state index contributed by atoms with van der Waals surface area (Å²) < 4.78 is 5.60. The van der Waals surface area contributed by atoms with E-state index in [2.05, 4.69) is 12.1 Å². The van der Waals surface area contributed by atoms with Gasteiger partial charge in [-0.2, -0.15) is 0 Å². The summed E-state index contributed by atoms with van der Waals surface area (Å²) in [5.74, 6) is 0.673. The summed E-state index contributed by atoms with van der Waals surface area (Å²) in [4.78, 5) is 15.4. The molecule has 2 aromatic rings. The van der Waals surface area contributed by atoms with Crippen LogP contribution in [0.15, 0.2) is 58.5 Å². The Morgan fingerprint density at radius 2 is 2.04 bits per heavy atom. The number of halogens is 2. The predicted octanol–water partition coefficient (Wildman–Crippen LogP) is 5.81. The summed E-state index contributed by atoms with van der Waals surface area (Å²) in [6.07, 6.45) is 2.77. The Morgan fingerprint density at radius 3 is 2.80 bits per heavy atom. The van der Waals surface area contributed by atoms with Crippen LogP contribution in [0.3, 0.4) is 0 Å². The minimum absolute atomic E-state index is 0.0907. The second-order valence-electron chi connectivity index (χ2n) is 5.60. The average Bonchev–Trinajstić information content (AvgIpc) is 2.89. The van der Waals surface area contributed by atoms with Crippen molar-refractivity contribution in [2.45, 2.75) is 17.7 Å². The molecule has 130 valence electrons. The highest BCUT2D eigenvalue weighted by atomic mass is 35.5. The minimum Gasteiger partial charge on any atom is -0.492 e. The Hall–Kier alpha value is -1.62. The van der Waals surface area contributed by atoms with Gasteiger partial charge in [-0.3, -0.25) is 4.79 Å². The topological polar surface area (TPSA) is 29.5 Å². The standard InChI is InChI=1S/C19H17Cl2NO2S/c1-22-16-6-2-3-7-18(16)25-19(22)12-14(23)5-4-10-24-17-9-8-13(20)11-15(17)21/h2-3,6-9,11-12H,4-5,10H2,1H3/b19-12-. The number of benzene rings is 2.